The summed E-state index contributed by atoms with van der Waals surface area (Å²) in [6.07, 6.45) is 0. The summed E-state index contributed by atoms with van der Waals surface area (Å²) in [5, 5.41) is 0.356. The molecular formula is C18H14O3. The Morgan fingerprint density at radius 3 is 2.38 bits per heavy atom. The fraction of sp³-hybridized carbons (Fsp3) is 0.111. The lowest BCUT2D eigenvalue weighted by atomic mass is 9.99. The maximum absolute atomic E-state index is 12.9. The molecule has 0 saturated carbocycles. The standard InChI is InChI=1S/C18H14O3/c1-11(19)14-9-6-10-15-17(14)18(20)16(12(2)21-15)13-7-4-3-5-8-13/h3-10H,1-2H3. The number of hydrogen-bond donors (Lipinski definition) is 0. The van der Waals surface area contributed by atoms with Gasteiger partial charge in [-0.15, -0.1) is 0 Å². The molecule has 0 radical (unpaired) electrons. The molecule has 104 valence electrons. The van der Waals surface area contributed by atoms with Crippen molar-refractivity contribution in [1.82, 2.24) is 0 Å². The lowest BCUT2D eigenvalue weighted by Crippen LogP contribution is -2.11. The molecule has 2 aromatic carbocycles. The highest BCUT2D eigenvalue weighted by Gasteiger charge is 2.17. The fourth-order valence-corrected chi connectivity index (χ4v) is 2.58. The topological polar surface area (TPSA) is 47.3 Å². The van der Waals surface area contributed by atoms with Crippen molar-refractivity contribution in [3.05, 3.63) is 70.1 Å². The van der Waals surface area contributed by atoms with Crippen LogP contribution in [0, 0.1) is 6.92 Å². The smallest absolute Gasteiger partial charge is 0.201 e. The van der Waals surface area contributed by atoms with Crippen molar-refractivity contribution >= 4 is 16.8 Å². The summed E-state index contributed by atoms with van der Waals surface area (Å²) in [5.41, 5.74) is 2.00. The van der Waals surface area contributed by atoms with Gasteiger partial charge in [0.05, 0.1) is 10.9 Å². The van der Waals surface area contributed by atoms with Crippen LogP contribution >= 0.6 is 0 Å². The summed E-state index contributed by atoms with van der Waals surface area (Å²) in [6.45, 7) is 3.22. The Labute approximate surface area is 121 Å². The molecule has 0 aliphatic carbocycles. The zero-order valence-corrected chi connectivity index (χ0v) is 11.8. The first-order valence-corrected chi connectivity index (χ1v) is 6.72. The highest BCUT2D eigenvalue weighted by atomic mass is 16.3. The predicted octanol–water partition coefficient (Wildman–Crippen LogP) is 3.97. The van der Waals surface area contributed by atoms with E-state index in [1.165, 1.54) is 6.92 Å². The second-order valence-electron chi connectivity index (χ2n) is 4.96. The average Bonchev–Trinajstić information content (AvgIpc) is 2.47. The minimum Gasteiger partial charge on any atom is -0.460 e. The molecule has 0 atom stereocenters. The molecule has 3 rings (SSSR count). The number of Topliss-reactive ketones (excluding diaryl/α,β-unsaturated/α-hetero) is 1. The Balaban J connectivity index is 2.46. The van der Waals surface area contributed by atoms with Crippen molar-refractivity contribution in [3.8, 4) is 11.1 Å². The van der Waals surface area contributed by atoms with Gasteiger partial charge >= 0.3 is 0 Å². The third-order valence-corrected chi connectivity index (χ3v) is 3.54. The molecule has 0 aliphatic heterocycles. The molecule has 1 aromatic heterocycles. The van der Waals surface area contributed by atoms with Gasteiger partial charge in [-0.25, -0.2) is 0 Å². The van der Waals surface area contributed by atoms with E-state index in [9.17, 15) is 9.59 Å². The molecule has 0 unspecified atom stereocenters. The number of ketones is 1. The molecular weight excluding hydrogens is 264 g/mol. The second kappa shape index (κ2) is 5.02. The van der Waals surface area contributed by atoms with Gasteiger partial charge in [0.1, 0.15) is 11.3 Å². The van der Waals surface area contributed by atoms with E-state index in [0.29, 0.717) is 27.9 Å². The van der Waals surface area contributed by atoms with Gasteiger partial charge < -0.3 is 4.42 Å². The summed E-state index contributed by atoms with van der Waals surface area (Å²) in [7, 11) is 0. The average molecular weight is 278 g/mol. The third kappa shape index (κ3) is 2.17. The van der Waals surface area contributed by atoms with Crippen LogP contribution < -0.4 is 5.43 Å². The van der Waals surface area contributed by atoms with E-state index in [4.69, 9.17) is 4.42 Å². The summed E-state index contributed by atoms with van der Waals surface area (Å²) >= 11 is 0. The molecule has 0 fully saturated rings. The number of rotatable bonds is 2. The largest absolute Gasteiger partial charge is 0.460 e. The van der Waals surface area contributed by atoms with Gasteiger partial charge in [-0.1, -0.05) is 42.5 Å². The quantitative estimate of drug-likeness (QED) is 0.666. The maximum atomic E-state index is 12.9. The zero-order valence-electron chi connectivity index (χ0n) is 11.8. The summed E-state index contributed by atoms with van der Waals surface area (Å²) < 4.78 is 5.77. The number of carbonyl (C=O) groups excluding carboxylic acids is 1. The predicted molar refractivity (Wildman–Crippen MR) is 82.7 cm³/mol. The van der Waals surface area contributed by atoms with E-state index in [1.807, 2.05) is 30.3 Å². The van der Waals surface area contributed by atoms with Crippen LogP contribution in [0.1, 0.15) is 23.0 Å². The first-order chi connectivity index (χ1) is 10.1. The van der Waals surface area contributed by atoms with Gasteiger partial charge in [0, 0.05) is 5.56 Å². The van der Waals surface area contributed by atoms with Crippen LogP contribution in [-0.2, 0) is 0 Å². The van der Waals surface area contributed by atoms with Crippen molar-refractivity contribution in [2.75, 3.05) is 0 Å². The molecule has 1 heterocycles. The molecule has 0 spiro atoms. The van der Waals surface area contributed by atoms with Crippen molar-refractivity contribution < 1.29 is 9.21 Å². The highest BCUT2D eigenvalue weighted by molar-refractivity contribution is 6.06. The van der Waals surface area contributed by atoms with Gasteiger partial charge in [0.2, 0.25) is 5.43 Å². The summed E-state index contributed by atoms with van der Waals surface area (Å²) in [4.78, 5) is 24.6. The number of hydrogen-bond acceptors (Lipinski definition) is 3. The van der Waals surface area contributed by atoms with Gasteiger partial charge in [0.15, 0.2) is 5.78 Å². The van der Waals surface area contributed by atoms with E-state index in [2.05, 4.69) is 0 Å². The fourth-order valence-electron chi connectivity index (χ4n) is 2.58. The Morgan fingerprint density at radius 1 is 1.00 bits per heavy atom. The Morgan fingerprint density at radius 2 is 1.71 bits per heavy atom. The van der Waals surface area contributed by atoms with E-state index >= 15 is 0 Å². The molecule has 0 amide bonds. The highest BCUT2D eigenvalue weighted by Crippen LogP contribution is 2.25. The van der Waals surface area contributed by atoms with Crippen molar-refractivity contribution in [3.63, 3.8) is 0 Å². The molecule has 3 heteroatoms. The number of fused-ring (bicyclic) bond motifs is 1. The SMILES string of the molecule is CC(=O)c1cccc2oc(C)c(-c3ccccc3)c(=O)c12. The second-order valence-corrected chi connectivity index (χ2v) is 4.96. The van der Waals surface area contributed by atoms with Crippen LogP contribution in [0.25, 0.3) is 22.1 Å². The van der Waals surface area contributed by atoms with Crippen LogP contribution in [0.2, 0.25) is 0 Å². The Kier molecular flexibility index (Phi) is 3.18. The summed E-state index contributed by atoms with van der Waals surface area (Å²) in [6, 6.07) is 14.5. The molecule has 0 aliphatic rings. The van der Waals surface area contributed by atoms with Crippen LogP contribution in [0.5, 0.6) is 0 Å². The lowest BCUT2D eigenvalue weighted by molar-refractivity contribution is 0.101. The molecule has 21 heavy (non-hydrogen) atoms. The van der Waals surface area contributed by atoms with E-state index in [0.717, 1.165) is 5.56 Å². The number of carbonyl (C=O) groups is 1. The van der Waals surface area contributed by atoms with E-state index in [1.54, 1.807) is 25.1 Å². The minimum absolute atomic E-state index is 0.143. The Hall–Kier alpha value is -2.68. The lowest BCUT2D eigenvalue weighted by Gasteiger charge is -2.08. The van der Waals surface area contributed by atoms with Crippen LogP contribution in [0.4, 0.5) is 0 Å². The van der Waals surface area contributed by atoms with Crippen LogP contribution in [0.15, 0.2) is 57.7 Å². The monoisotopic (exact) mass is 278 g/mol. The zero-order chi connectivity index (χ0) is 15.0. The molecule has 3 aromatic rings. The van der Waals surface area contributed by atoms with Gasteiger partial charge in [-0.05, 0) is 25.5 Å². The van der Waals surface area contributed by atoms with Crippen LogP contribution in [0.3, 0.4) is 0 Å². The summed E-state index contributed by atoms with van der Waals surface area (Å²) in [5.74, 6) is 0.412. The van der Waals surface area contributed by atoms with Crippen molar-refractivity contribution in [1.29, 1.82) is 0 Å². The molecule has 3 nitrogen and oxygen atoms in total. The normalized spacial score (nSPS) is 10.8. The van der Waals surface area contributed by atoms with E-state index < -0.39 is 0 Å². The van der Waals surface area contributed by atoms with Crippen molar-refractivity contribution in [2.45, 2.75) is 13.8 Å². The molecule has 0 bridgehead atoms. The minimum atomic E-state index is -0.161. The molecule has 0 N–H and O–H groups in total. The first kappa shape index (κ1) is 13.3. The van der Waals surface area contributed by atoms with Gasteiger partial charge in [0.25, 0.3) is 0 Å². The first-order valence-electron chi connectivity index (χ1n) is 6.72. The number of aryl methyl sites for hydroxylation is 1. The Bertz CT molecular complexity index is 889. The van der Waals surface area contributed by atoms with Gasteiger partial charge in [-0.2, -0.15) is 0 Å². The van der Waals surface area contributed by atoms with Crippen molar-refractivity contribution in [2.24, 2.45) is 0 Å². The maximum Gasteiger partial charge on any atom is 0.201 e. The third-order valence-electron chi connectivity index (χ3n) is 3.54. The molecule has 0 saturated heterocycles. The van der Waals surface area contributed by atoms with Gasteiger partial charge in [-0.3, -0.25) is 9.59 Å². The van der Waals surface area contributed by atoms with E-state index in [-0.39, 0.29) is 11.2 Å². The number of benzene rings is 2. The van der Waals surface area contributed by atoms with Crippen LogP contribution in [-0.4, -0.2) is 5.78 Å².